The molecule has 0 heterocycles. The van der Waals surface area contributed by atoms with E-state index in [0.29, 0.717) is 0 Å². The van der Waals surface area contributed by atoms with E-state index in [4.69, 9.17) is 5.73 Å². The Morgan fingerprint density at radius 1 is 0.950 bits per heavy atom. The molecule has 0 radical (unpaired) electrons. The summed E-state index contributed by atoms with van der Waals surface area (Å²) in [5, 5.41) is 0. The normalized spacial score (nSPS) is 15.7. The third-order valence-electron chi connectivity index (χ3n) is 4.38. The number of nitrogens with two attached hydrogens (primary N) is 1. The maximum absolute atomic E-state index is 6.40. The van der Waals surface area contributed by atoms with Crippen LogP contribution in [0.5, 0.6) is 0 Å². The Bertz CT molecular complexity index is 583. The highest BCUT2D eigenvalue weighted by molar-refractivity contribution is 5.36. The molecule has 1 unspecified atom stereocenters. The van der Waals surface area contributed by atoms with Crippen molar-refractivity contribution >= 4 is 0 Å². The lowest BCUT2D eigenvalue weighted by molar-refractivity contribution is 0.675. The van der Waals surface area contributed by atoms with Crippen LogP contribution < -0.4 is 5.73 Å². The molecule has 0 amide bonds. The van der Waals surface area contributed by atoms with Gasteiger partial charge >= 0.3 is 0 Å². The third kappa shape index (κ3) is 2.94. The van der Waals surface area contributed by atoms with Gasteiger partial charge in [-0.2, -0.15) is 0 Å². The van der Waals surface area contributed by atoms with Crippen LogP contribution in [0.25, 0.3) is 0 Å². The molecule has 2 aromatic carbocycles. The molecule has 1 nitrogen and oxygen atoms in total. The highest BCUT2D eigenvalue weighted by Crippen LogP contribution is 2.25. The van der Waals surface area contributed by atoms with Crippen molar-refractivity contribution in [2.75, 3.05) is 0 Å². The second-order valence-electron chi connectivity index (χ2n) is 6.03. The molecular weight excluding hydrogens is 242 g/mol. The van der Waals surface area contributed by atoms with Crippen molar-refractivity contribution in [1.29, 1.82) is 0 Å². The van der Waals surface area contributed by atoms with Crippen LogP contribution in [0, 0.1) is 6.92 Å². The fourth-order valence-corrected chi connectivity index (χ4v) is 3.08. The molecule has 0 spiro atoms. The lowest BCUT2D eigenvalue weighted by Crippen LogP contribution is -2.14. The van der Waals surface area contributed by atoms with E-state index in [2.05, 4.69) is 49.4 Å². The second kappa shape index (κ2) is 5.80. The van der Waals surface area contributed by atoms with Gasteiger partial charge < -0.3 is 5.73 Å². The maximum atomic E-state index is 6.40. The van der Waals surface area contributed by atoms with Crippen molar-refractivity contribution in [3.63, 3.8) is 0 Å². The molecule has 20 heavy (non-hydrogen) atoms. The van der Waals surface area contributed by atoms with Gasteiger partial charge in [-0.3, -0.25) is 0 Å². The van der Waals surface area contributed by atoms with Gasteiger partial charge in [0.1, 0.15) is 0 Å². The van der Waals surface area contributed by atoms with Crippen LogP contribution >= 0.6 is 0 Å². The molecule has 104 valence electrons. The molecule has 0 saturated heterocycles. The van der Waals surface area contributed by atoms with E-state index >= 15 is 0 Å². The highest BCUT2D eigenvalue weighted by atomic mass is 14.6. The lowest BCUT2D eigenvalue weighted by Gasteiger charge is -2.19. The molecule has 1 aliphatic rings. The minimum absolute atomic E-state index is 0.102. The molecule has 0 saturated carbocycles. The topological polar surface area (TPSA) is 26.0 Å². The summed E-state index contributed by atoms with van der Waals surface area (Å²) in [6.45, 7) is 2.12. The molecular formula is C19H23N. The Morgan fingerprint density at radius 2 is 1.65 bits per heavy atom. The summed E-state index contributed by atoms with van der Waals surface area (Å²) in [6, 6.07) is 15.7. The maximum Gasteiger partial charge on any atom is 0.0335 e. The first-order valence-corrected chi connectivity index (χ1v) is 7.65. The van der Waals surface area contributed by atoms with Crippen molar-refractivity contribution in [2.24, 2.45) is 5.73 Å². The van der Waals surface area contributed by atoms with Crippen LogP contribution in [0.4, 0.5) is 0 Å². The first-order valence-electron chi connectivity index (χ1n) is 7.65. The number of aryl methyl sites for hydroxylation is 3. The van der Waals surface area contributed by atoms with Crippen LogP contribution in [-0.4, -0.2) is 0 Å². The number of fused-ring (bicyclic) bond motifs is 1. The van der Waals surface area contributed by atoms with Gasteiger partial charge in [-0.05, 0) is 61.3 Å². The lowest BCUT2D eigenvalue weighted by atomic mass is 9.88. The molecule has 0 fully saturated rings. The first kappa shape index (κ1) is 13.4. The molecule has 2 N–H and O–H groups in total. The van der Waals surface area contributed by atoms with E-state index in [1.807, 2.05) is 0 Å². The molecule has 1 atom stereocenters. The zero-order valence-electron chi connectivity index (χ0n) is 12.2. The van der Waals surface area contributed by atoms with E-state index < -0.39 is 0 Å². The van der Waals surface area contributed by atoms with E-state index in [-0.39, 0.29) is 6.04 Å². The van der Waals surface area contributed by atoms with E-state index in [0.717, 1.165) is 6.42 Å². The summed E-state index contributed by atoms with van der Waals surface area (Å²) in [4.78, 5) is 0. The van der Waals surface area contributed by atoms with Gasteiger partial charge in [0.15, 0.2) is 0 Å². The van der Waals surface area contributed by atoms with Crippen molar-refractivity contribution in [2.45, 2.75) is 45.1 Å². The molecule has 0 aliphatic heterocycles. The van der Waals surface area contributed by atoms with Gasteiger partial charge in [-0.15, -0.1) is 0 Å². The number of rotatable bonds is 3. The molecule has 2 aromatic rings. The fourth-order valence-electron chi connectivity index (χ4n) is 3.08. The van der Waals surface area contributed by atoms with Gasteiger partial charge in [-0.25, -0.2) is 0 Å². The van der Waals surface area contributed by atoms with Gasteiger partial charge in [-0.1, -0.05) is 48.0 Å². The van der Waals surface area contributed by atoms with E-state index in [1.165, 1.54) is 53.5 Å². The minimum atomic E-state index is 0.102. The predicted molar refractivity (Wildman–Crippen MR) is 84.9 cm³/mol. The quantitative estimate of drug-likeness (QED) is 0.887. The summed E-state index contributed by atoms with van der Waals surface area (Å²) in [5.74, 6) is 0. The smallest absolute Gasteiger partial charge is 0.0335 e. The number of hydrogen-bond acceptors (Lipinski definition) is 1. The Balaban J connectivity index is 1.76. The predicted octanol–water partition coefficient (Wildman–Crippen LogP) is 4.12. The average molecular weight is 265 g/mol. The van der Waals surface area contributed by atoms with Gasteiger partial charge in [0.05, 0.1) is 0 Å². The molecule has 0 aromatic heterocycles. The van der Waals surface area contributed by atoms with Gasteiger partial charge in [0.25, 0.3) is 0 Å². The van der Waals surface area contributed by atoms with Crippen LogP contribution in [0.1, 0.15) is 46.7 Å². The molecule has 1 aliphatic carbocycles. The van der Waals surface area contributed by atoms with Crippen LogP contribution in [0.3, 0.4) is 0 Å². The summed E-state index contributed by atoms with van der Waals surface area (Å²) >= 11 is 0. The first-order chi connectivity index (χ1) is 9.72. The Labute approximate surface area is 121 Å². The SMILES string of the molecule is Cc1ccc(CC(N)c2ccc3c(c2)CCCC3)cc1. The largest absolute Gasteiger partial charge is 0.324 e. The third-order valence-corrected chi connectivity index (χ3v) is 4.38. The number of benzene rings is 2. The summed E-state index contributed by atoms with van der Waals surface area (Å²) in [7, 11) is 0. The summed E-state index contributed by atoms with van der Waals surface area (Å²) in [5.41, 5.74) is 13.4. The minimum Gasteiger partial charge on any atom is -0.324 e. The van der Waals surface area contributed by atoms with Crippen LogP contribution in [-0.2, 0) is 19.3 Å². The highest BCUT2D eigenvalue weighted by Gasteiger charge is 2.13. The molecule has 1 heteroatoms. The number of hydrogen-bond donors (Lipinski definition) is 1. The molecule has 3 rings (SSSR count). The zero-order chi connectivity index (χ0) is 13.9. The Morgan fingerprint density at radius 3 is 2.40 bits per heavy atom. The van der Waals surface area contributed by atoms with E-state index in [1.54, 1.807) is 0 Å². The summed E-state index contributed by atoms with van der Waals surface area (Å²) < 4.78 is 0. The van der Waals surface area contributed by atoms with Crippen LogP contribution in [0.15, 0.2) is 42.5 Å². The fraction of sp³-hybridized carbons (Fsp3) is 0.368. The standard InChI is InChI=1S/C19H23N/c1-14-6-8-15(9-7-14)12-19(20)18-11-10-16-4-2-3-5-17(16)13-18/h6-11,13,19H,2-5,12,20H2,1H3. The van der Waals surface area contributed by atoms with Crippen molar-refractivity contribution < 1.29 is 0 Å². The van der Waals surface area contributed by atoms with Gasteiger partial charge in [0.2, 0.25) is 0 Å². The van der Waals surface area contributed by atoms with E-state index in [9.17, 15) is 0 Å². The van der Waals surface area contributed by atoms with Crippen molar-refractivity contribution in [1.82, 2.24) is 0 Å². The van der Waals surface area contributed by atoms with Gasteiger partial charge in [0, 0.05) is 6.04 Å². The van der Waals surface area contributed by atoms with Crippen molar-refractivity contribution in [3.8, 4) is 0 Å². The second-order valence-corrected chi connectivity index (χ2v) is 6.03. The Kier molecular flexibility index (Phi) is 3.88. The van der Waals surface area contributed by atoms with Crippen LogP contribution in [0.2, 0.25) is 0 Å². The van der Waals surface area contributed by atoms with Crippen molar-refractivity contribution in [3.05, 3.63) is 70.3 Å². The zero-order valence-corrected chi connectivity index (χ0v) is 12.2. The summed E-state index contributed by atoms with van der Waals surface area (Å²) in [6.07, 6.45) is 6.04. The monoisotopic (exact) mass is 265 g/mol. The molecule has 0 bridgehead atoms. The average Bonchev–Trinajstić information content (AvgIpc) is 2.49. The Hall–Kier alpha value is -1.60.